The van der Waals surface area contributed by atoms with E-state index in [9.17, 15) is 26.4 Å². The van der Waals surface area contributed by atoms with Gasteiger partial charge in [0.05, 0.1) is 0 Å². The summed E-state index contributed by atoms with van der Waals surface area (Å²) in [6.45, 7) is 0.641. The molecule has 0 radical (unpaired) electrons. The Kier molecular flexibility index (Phi) is 6.31. The van der Waals surface area contributed by atoms with E-state index in [4.69, 9.17) is 0 Å². The monoisotopic (exact) mass is 430 g/mol. The van der Waals surface area contributed by atoms with Crippen molar-refractivity contribution >= 4 is 33.4 Å². The van der Waals surface area contributed by atoms with Gasteiger partial charge in [-0.15, -0.1) is 0 Å². The average molecular weight is 430 g/mol. The van der Waals surface area contributed by atoms with Gasteiger partial charge in [0.15, 0.2) is 0 Å². The maximum Gasteiger partial charge on any atom is 0.288 e. The van der Waals surface area contributed by atoms with Crippen LogP contribution in [0, 0.1) is 5.82 Å². The van der Waals surface area contributed by atoms with Crippen molar-refractivity contribution in [3.8, 4) is 0 Å². The number of hydrogen-bond acceptors (Lipinski definition) is 4. The molecule has 0 bridgehead atoms. The van der Waals surface area contributed by atoms with E-state index in [1.807, 2.05) is 0 Å². The molecule has 0 aliphatic carbocycles. The van der Waals surface area contributed by atoms with Gasteiger partial charge in [0.1, 0.15) is 10.7 Å². The second-order valence-electron chi connectivity index (χ2n) is 6.11. The van der Waals surface area contributed by atoms with Crippen molar-refractivity contribution in [2.75, 3.05) is 18.4 Å². The molecule has 1 heterocycles. The minimum absolute atomic E-state index is 0.0230. The Morgan fingerprint density at radius 1 is 1.07 bits per heavy atom. The van der Waals surface area contributed by atoms with Crippen LogP contribution in [0.15, 0.2) is 52.3 Å². The maximum absolute atomic E-state index is 14.2. The molecule has 5 nitrogen and oxygen atoms in total. The third-order valence-electron chi connectivity index (χ3n) is 4.21. The minimum atomic E-state index is -4.01. The summed E-state index contributed by atoms with van der Waals surface area (Å²) in [5.41, 5.74) is 0.321. The van der Waals surface area contributed by atoms with Crippen molar-refractivity contribution in [2.24, 2.45) is 0 Å². The zero-order valence-electron chi connectivity index (χ0n) is 14.6. The standard InChI is InChI=1S/C18H17F3N2O3S2/c19-15-8-3-12(11-16(15)28(25,26)23-9-1-2-10-23)17(24)22-13-4-6-14(7-5-13)27-18(20)21/h3-8,11,18H,1-2,9-10H2,(H,22,24). The summed E-state index contributed by atoms with van der Waals surface area (Å²) >= 11 is 0.382. The van der Waals surface area contributed by atoms with E-state index in [1.165, 1.54) is 34.6 Å². The van der Waals surface area contributed by atoms with Crippen molar-refractivity contribution in [1.82, 2.24) is 4.31 Å². The van der Waals surface area contributed by atoms with Gasteiger partial charge < -0.3 is 5.32 Å². The van der Waals surface area contributed by atoms with Gasteiger partial charge in [0.25, 0.3) is 11.7 Å². The number of rotatable bonds is 6. The van der Waals surface area contributed by atoms with Gasteiger partial charge in [-0.1, -0.05) is 11.8 Å². The Morgan fingerprint density at radius 3 is 2.32 bits per heavy atom. The van der Waals surface area contributed by atoms with Crippen LogP contribution in [0.25, 0.3) is 0 Å². The zero-order chi connectivity index (χ0) is 20.3. The molecule has 1 saturated heterocycles. The van der Waals surface area contributed by atoms with Crippen molar-refractivity contribution < 1.29 is 26.4 Å². The van der Waals surface area contributed by atoms with Crippen LogP contribution in [0.5, 0.6) is 0 Å². The van der Waals surface area contributed by atoms with Crippen LogP contribution in [0.3, 0.4) is 0 Å². The first-order valence-corrected chi connectivity index (χ1v) is 10.8. The lowest BCUT2D eigenvalue weighted by Gasteiger charge is -2.16. The molecule has 1 N–H and O–H groups in total. The second kappa shape index (κ2) is 8.54. The quantitative estimate of drug-likeness (QED) is 0.699. The van der Waals surface area contributed by atoms with E-state index in [0.29, 0.717) is 48.3 Å². The topological polar surface area (TPSA) is 66.5 Å². The van der Waals surface area contributed by atoms with Crippen molar-refractivity contribution in [1.29, 1.82) is 0 Å². The predicted octanol–water partition coefficient (Wildman–Crippen LogP) is 4.18. The molecule has 1 aliphatic heterocycles. The molecule has 1 amide bonds. The summed E-state index contributed by atoms with van der Waals surface area (Å²) in [5.74, 6) is -4.10. The summed E-state index contributed by atoms with van der Waals surface area (Å²) in [6, 6.07) is 8.91. The Balaban J connectivity index is 1.79. The lowest BCUT2D eigenvalue weighted by molar-refractivity contribution is 0.102. The number of benzene rings is 2. The first-order chi connectivity index (χ1) is 13.3. The van der Waals surface area contributed by atoms with Crippen LogP contribution in [0.1, 0.15) is 23.2 Å². The van der Waals surface area contributed by atoms with Gasteiger partial charge >= 0.3 is 0 Å². The van der Waals surface area contributed by atoms with Gasteiger partial charge in [0.2, 0.25) is 10.0 Å². The fraction of sp³-hybridized carbons (Fsp3) is 0.278. The number of halogens is 3. The van der Waals surface area contributed by atoms with E-state index >= 15 is 0 Å². The highest BCUT2D eigenvalue weighted by Gasteiger charge is 2.30. The Morgan fingerprint density at radius 2 is 1.71 bits per heavy atom. The zero-order valence-corrected chi connectivity index (χ0v) is 16.2. The molecule has 0 aromatic heterocycles. The molecule has 10 heteroatoms. The van der Waals surface area contributed by atoms with Gasteiger partial charge in [-0.3, -0.25) is 4.79 Å². The molecular weight excluding hydrogens is 413 g/mol. The smallest absolute Gasteiger partial charge is 0.288 e. The highest BCUT2D eigenvalue weighted by Crippen LogP contribution is 2.27. The summed E-state index contributed by atoms with van der Waals surface area (Å²) in [7, 11) is -4.01. The molecule has 1 fully saturated rings. The third-order valence-corrected chi connectivity index (χ3v) is 6.85. The van der Waals surface area contributed by atoms with Crippen LogP contribution in [0.2, 0.25) is 0 Å². The van der Waals surface area contributed by atoms with Crippen LogP contribution in [-0.4, -0.2) is 37.5 Å². The molecule has 150 valence electrons. The third kappa shape index (κ3) is 4.68. The molecule has 28 heavy (non-hydrogen) atoms. The summed E-state index contributed by atoms with van der Waals surface area (Å²) < 4.78 is 65.2. The molecule has 2 aromatic rings. The fourth-order valence-electron chi connectivity index (χ4n) is 2.83. The van der Waals surface area contributed by atoms with Gasteiger partial charge in [-0.2, -0.15) is 13.1 Å². The SMILES string of the molecule is O=C(Nc1ccc(SC(F)F)cc1)c1ccc(F)c(S(=O)(=O)N2CCCC2)c1. The minimum Gasteiger partial charge on any atom is -0.322 e. The molecular formula is C18H17F3N2O3S2. The number of sulfonamides is 1. The lowest BCUT2D eigenvalue weighted by atomic mass is 10.2. The van der Waals surface area contributed by atoms with Crippen molar-refractivity contribution in [2.45, 2.75) is 28.4 Å². The number of anilines is 1. The molecule has 0 unspecified atom stereocenters. The highest BCUT2D eigenvalue weighted by molar-refractivity contribution is 7.99. The van der Waals surface area contributed by atoms with Crippen LogP contribution >= 0.6 is 11.8 Å². The number of carbonyl (C=O) groups is 1. The van der Waals surface area contributed by atoms with E-state index in [1.54, 1.807) is 0 Å². The molecule has 3 rings (SSSR count). The molecule has 2 aromatic carbocycles. The average Bonchev–Trinajstić information content (AvgIpc) is 3.18. The molecule has 0 saturated carbocycles. The van der Waals surface area contributed by atoms with Gasteiger partial charge in [-0.25, -0.2) is 12.8 Å². The summed E-state index contributed by atoms with van der Waals surface area (Å²) in [5, 5.41) is 2.54. The van der Waals surface area contributed by atoms with E-state index in [0.717, 1.165) is 12.1 Å². The highest BCUT2D eigenvalue weighted by atomic mass is 32.2. The van der Waals surface area contributed by atoms with E-state index < -0.39 is 32.4 Å². The first-order valence-electron chi connectivity index (χ1n) is 8.43. The van der Waals surface area contributed by atoms with Crippen molar-refractivity contribution in [3.05, 3.63) is 53.8 Å². The van der Waals surface area contributed by atoms with Crippen LogP contribution < -0.4 is 5.32 Å². The van der Waals surface area contributed by atoms with Crippen LogP contribution in [0.4, 0.5) is 18.9 Å². The molecule has 1 aliphatic rings. The number of nitrogens with zero attached hydrogens (tertiary/aromatic N) is 1. The summed E-state index contributed by atoms with van der Waals surface area (Å²) in [6.07, 6.45) is 1.42. The first kappa shape index (κ1) is 20.7. The molecule has 0 atom stereocenters. The van der Waals surface area contributed by atoms with Gasteiger partial charge in [-0.05, 0) is 55.3 Å². The summed E-state index contributed by atoms with van der Waals surface area (Å²) in [4.78, 5) is 12.2. The van der Waals surface area contributed by atoms with E-state index in [2.05, 4.69) is 5.32 Å². The fourth-order valence-corrected chi connectivity index (χ4v) is 4.94. The number of carbonyl (C=O) groups excluding carboxylic acids is 1. The van der Waals surface area contributed by atoms with Crippen LogP contribution in [-0.2, 0) is 10.0 Å². The number of amides is 1. The predicted molar refractivity (Wildman–Crippen MR) is 101 cm³/mol. The van der Waals surface area contributed by atoms with E-state index in [-0.39, 0.29) is 5.56 Å². The second-order valence-corrected chi connectivity index (χ2v) is 9.08. The number of nitrogens with one attached hydrogen (secondary N) is 1. The molecule has 0 spiro atoms. The Labute approximate surface area is 165 Å². The van der Waals surface area contributed by atoms with Gasteiger partial charge in [0, 0.05) is 29.2 Å². The largest absolute Gasteiger partial charge is 0.322 e. The Bertz CT molecular complexity index is 961. The maximum atomic E-state index is 14.2. The number of thioether (sulfide) groups is 1. The lowest BCUT2D eigenvalue weighted by Crippen LogP contribution is -2.29. The normalized spacial score (nSPS) is 15.1. The Hall–Kier alpha value is -2.04. The number of alkyl halides is 2. The number of hydrogen-bond donors (Lipinski definition) is 1. The van der Waals surface area contributed by atoms with Crippen molar-refractivity contribution in [3.63, 3.8) is 0 Å².